The highest BCUT2D eigenvalue weighted by molar-refractivity contribution is 7.86. The molecular formula is C32H42N6O7S. The Hall–Kier alpha value is -4.30. The summed E-state index contributed by atoms with van der Waals surface area (Å²) in [5.41, 5.74) is 4.21. The van der Waals surface area contributed by atoms with Crippen LogP contribution in [0.15, 0.2) is 48.7 Å². The first-order valence-corrected chi connectivity index (χ1v) is 17.0. The van der Waals surface area contributed by atoms with Gasteiger partial charge < -0.3 is 20.7 Å². The SMILES string of the molecule is Cc1c(CNc2ncc([N+](=O)[O-])c(NCC3CCC(OS(C)(=O)=O)CC3)n2)cccc1-c1cccc(CNC(=O)OC(C)(C)C)c1. The van der Waals surface area contributed by atoms with Crippen LogP contribution in [0.25, 0.3) is 11.1 Å². The summed E-state index contributed by atoms with van der Waals surface area (Å²) in [5, 5.41) is 20.8. The van der Waals surface area contributed by atoms with Gasteiger partial charge >= 0.3 is 11.8 Å². The number of carbonyl (C=O) groups excluding carboxylic acids is 1. The van der Waals surface area contributed by atoms with E-state index in [2.05, 4.69) is 25.9 Å². The van der Waals surface area contributed by atoms with E-state index >= 15 is 0 Å². The molecule has 1 aliphatic rings. The summed E-state index contributed by atoms with van der Waals surface area (Å²) in [6.45, 7) is 8.65. The van der Waals surface area contributed by atoms with E-state index in [1.165, 1.54) is 6.20 Å². The largest absolute Gasteiger partial charge is 0.444 e. The number of carbonyl (C=O) groups is 1. The second-order valence-electron chi connectivity index (χ2n) is 12.5. The predicted molar refractivity (Wildman–Crippen MR) is 176 cm³/mol. The number of nitro groups is 1. The van der Waals surface area contributed by atoms with Crippen LogP contribution in [0.2, 0.25) is 0 Å². The third-order valence-electron chi connectivity index (χ3n) is 7.59. The van der Waals surface area contributed by atoms with Gasteiger partial charge in [-0.05, 0) is 93.2 Å². The van der Waals surface area contributed by atoms with E-state index in [0.29, 0.717) is 32.5 Å². The van der Waals surface area contributed by atoms with E-state index in [-0.39, 0.29) is 29.5 Å². The smallest absolute Gasteiger partial charge is 0.407 e. The molecule has 1 amide bonds. The second kappa shape index (κ2) is 14.9. The van der Waals surface area contributed by atoms with Crippen molar-refractivity contribution in [1.82, 2.24) is 15.3 Å². The molecule has 1 aliphatic carbocycles. The molecule has 0 unspecified atom stereocenters. The fraction of sp³-hybridized carbons (Fsp3) is 0.469. The average molecular weight is 655 g/mol. The molecule has 0 spiro atoms. The van der Waals surface area contributed by atoms with Crippen LogP contribution >= 0.6 is 0 Å². The molecule has 1 heterocycles. The zero-order valence-corrected chi connectivity index (χ0v) is 27.6. The van der Waals surface area contributed by atoms with Crippen LogP contribution < -0.4 is 16.0 Å². The monoisotopic (exact) mass is 654 g/mol. The fourth-order valence-corrected chi connectivity index (χ4v) is 6.03. The number of hydrogen-bond acceptors (Lipinski definition) is 11. The van der Waals surface area contributed by atoms with Crippen molar-refractivity contribution in [1.29, 1.82) is 0 Å². The molecule has 13 nitrogen and oxygen atoms in total. The maximum absolute atomic E-state index is 12.1. The lowest BCUT2D eigenvalue weighted by molar-refractivity contribution is -0.384. The third kappa shape index (κ3) is 10.4. The van der Waals surface area contributed by atoms with E-state index in [1.807, 2.05) is 70.2 Å². The number of anilines is 2. The molecule has 0 aliphatic heterocycles. The molecule has 4 rings (SSSR count). The molecule has 46 heavy (non-hydrogen) atoms. The van der Waals surface area contributed by atoms with Gasteiger partial charge in [-0.1, -0.05) is 36.4 Å². The standard InChI is InChI=1S/C32H42N6O7S/c1-21-25(10-7-11-27(21)24-9-6-8-23(16-24)18-36-31(39)44-32(2,3)4)19-34-30-35-20-28(38(40)41)29(37-30)33-17-22-12-14-26(15-13-22)45-46(5,42)43/h6-11,16,20,22,26H,12-15,17-19H2,1-5H3,(H,36,39)(H2,33,34,35,37). The Kier molecular flexibility index (Phi) is 11.2. The maximum Gasteiger partial charge on any atom is 0.407 e. The maximum atomic E-state index is 12.1. The van der Waals surface area contributed by atoms with E-state index in [0.717, 1.165) is 46.9 Å². The quantitative estimate of drug-likeness (QED) is 0.120. The van der Waals surface area contributed by atoms with Crippen molar-refractivity contribution in [2.45, 2.75) is 78.2 Å². The molecule has 3 aromatic rings. The molecule has 0 bridgehead atoms. The molecule has 0 saturated heterocycles. The van der Waals surface area contributed by atoms with Gasteiger partial charge in [0.1, 0.15) is 11.8 Å². The van der Waals surface area contributed by atoms with Gasteiger partial charge in [-0.15, -0.1) is 0 Å². The number of aromatic nitrogens is 2. The predicted octanol–water partition coefficient (Wildman–Crippen LogP) is 5.94. The molecule has 248 valence electrons. The van der Waals surface area contributed by atoms with Gasteiger partial charge in [-0.25, -0.2) is 9.78 Å². The average Bonchev–Trinajstić information content (AvgIpc) is 2.97. The summed E-state index contributed by atoms with van der Waals surface area (Å²) in [6.07, 6.45) is 4.10. The van der Waals surface area contributed by atoms with Crippen LogP contribution in [0, 0.1) is 23.0 Å². The highest BCUT2D eigenvalue weighted by atomic mass is 32.2. The van der Waals surface area contributed by atoms with Crippen LogP contribution in [0.1, 0.15) is 63.1 Å². The van der Waals surface area contributed by atoms with Crippen molar-refractivity contribution < 1.29 is 27.1 Å². The number of amides is 1. The van der Waals surface area contributed by atoms with Crippen LogP contribution in [0.4, 0.5) is 22.2 Å². The minimum atomic E-state index is -3.50. The Labute approximate surface area is 269 Å². The van der Waals surface area contributed by atoms with E-state index in [9.17, 15) is 23.3 Å². The number of nitrogens with one attached hydrogen (secondary N) is 3. The van der Waals surface area contributed by atoms with Gasteiger partial charge in [0.05, 0.1) is 17.3 Å². The molecule has 1 aromatic heterocycles. The summed E-state index contributed by atoms with van der Waals surface area (Å²) in [5.74, 6) is 0.569. The van der Waals surface area contributed by atoms with Crippen molar-refractivity contribution in [3.63, 3.8) is 0 Å². The highest BCUT2D eigenvalue weighted by Crippen LogP contribution is 2.30. The zero-order valence-electron chi connectivity index (χ0n) is 26.8. The molecule has 2 aromatic carbocycles. The van der Waals surface area contributed by atoms with E-state index in [4.69, 9.17) is 8.92 Å². The van der Waals surface area contributed by atoms with Gasteiger partial charge in [0.25, 0.3) is 10.1 Å². The Morgan fingerprint density at radius 1 is 1.07 bits per heavy atom. The molecule has 0 radical (unpaired) electrons. The summed E-state index contributed by atoms with van der Waals surface area (Å²) in [4.78, 5) is 31.8. The summed E-state index contributed by atoms with van der Waals surface area (Å²) >= 11 is 0. The van der Waals surface area contributed by atoms with Crippen molar-refractivity contribution >= 4 is 33.7 Å². The van der Waals surface area contributed by atoms with Gasteiger partial charge in [0.2, 0.25) is 11.8 Å². The summed E-state index contributed by atoms with van der Waals surface area (Å²) < 4.78 is 33.3. The molecule has 3 N–H and O–H groups in total. The first-order chi connectivity index (χ1) is 21.7. The Morgan fingerprint density at radius 2 is 1.78 bits per heavy atom. The Balaban J connectivity index is 1.39. The normalized spacial score (nSPS) is 16.8. The third-order valence-corrected chi connectivity index (χ3v) is 8.21. The summed E-state index contributed by atoms with van der Waals surface area (Å²) in [7, 11) is -3.50. The molecular weight excluding hydrogens is 612 g/mol. The first kappa shape index (κ1) is 34.6. The molecule has 1 fully saturated rings. The van der Waals surface area contributed by atoms with Crippen LogP contribution in [0.5, 0.6) is 0 Å². The van der Waals surface area contributed by atoms with Crippen molar-refractivity contribution in [2.24, 2.45) is 5.92 Å². The topological polar surface area (TPSA) is 175 Å². The fourth-order valence-electron chi connectivity index (χ4n) is 5.34. The Bertz CT molecular complexity index is 1650. The van der Waals surface area contributed by atoms with Gasteiger partial charge in [-0.2, -0.15) is 13.4 Å². The molecule has 0 atom stereocenters. The van der Waals surface area contributed by atoms with Crippen LogP contribution in [-0.4, -0.2) is 53.9 Å². The molecule has 14 heteroatoms. The Morgan fingerprint density at radius 3 is 2.46 bits per heavy atom. The number of hydrogen-bond donors (Lipinski definition) is 3. The minimum absolute atomic E-state index is 0.124. The summed E-state index contributed by atoms with van der Waals surface area (Å²) in [6, 6.07) is 13.9. The van der Waals surface area contributed by atoms with Crippen molar-refractivity contribution in [3.8, 4) is 11.1 Å². The highest BCUT2D eigenvalue weighted by Gasteiger charge is 2.26. The van der Waals surface area contributed by atoms with Crippen LogP contribution in [-0.2, 0) is 32.1 Å². The lowest BCUT2D eigenvalue weighted by atomic mass is 9.87. The van der Waals surface area contributed by atoms with Crippen molar-refractivity contribution in [3.05, 3.63) is 75.5 Å². The van der Waals surface area contributed by atoms with Crippen molar-refractivity contribution in [2.75, 3.05) is 23.4 Å². The lowest BCUT2D eigenvalue weighted by Gasteiger charge is -2.27. The second-order valence-corrected chi connectivity index (χ2v) is 14.1. The number of ether oxygens (including phenoxy) is 1. The number of rotatable bonds is 12. The van der Waals surface area contributed by atoms with Gasteiger partial charge in [0, 0.05) is 19.6 Å². The van der Waals surface area contributed by atoms with Crippen LogP contribution in [0.3, 0.4) is 0 Å². The minimum Gasteiger partial charge on any atom is -0.444 e. The first-order valence-electron chi connectivity index (χ1n) is 15.2. The number of alkyl carbamates (subject to hydrolysis) is 1. The lowest BCUT2D eigenvalue weighted by Crippen LogP contribution is -2.32. The zero-order chi connectivity index (χ0) is 33.5. The number of benzene rings is 2. The number of nitrogens with zero attached hydrogens (tertiary/aromatic N) is 3. The van der Waals surface area contributed by atoms with Gasteiger partial charge in [0.15, 0.2) is 0 Å². The van der Waals surface area contributed by atoms with E-state index in [1.54, 1.807) is 0 Å². The van der Waals surface area contributed by atoms with E-state index < -0.39 is 26.7 Å². The van der Waals surface area contributed by atoms with Gasteiger partial charge in [-0.3, -0.25) is 14.3 Å². The molecule has 1 saturated carbocycles.